The summed E-state index contributed by atoms with van der Waals surface area (Å²) in [6, 6.07) is 5.69. The smallest absolute Gasteiger partial charge is 0.271 e. The number of non-ortho nitro benzene ring substituents is 1. The van der Waals surface area contributed by atoms with Crippen molar-refractivity contribution >= 4 is 11.4 Å². The highest BCUT2D eigenvalue weighted by Crippen LogP contribution is 2.24. The first-order chi connectivity index (χ1) is 8.06. The molecule has 1 fully saturated rings. The molecule has 0 bridgehead atoms. The Hall–Kier alpha value is -1.62. The molecule has 0 spiro atoms. The number of hydrogen-bond acceptors (Lipinski definition) is 4. The van der Waals surface area contributed by atoms with Crippen LogP contribution in [0, 0.1) is 17.0 Å². The summed E-state index contributed by atoms with van der Waals surface area (Å²) in [5, 5.41) is 14.2. The number of benzene rings is 1. The van der Waals surface area contributed by atoms with Crippen LogP contribution in [-0.2, 0) is 0 Å². The fraction of sp³-hybridized carbons (Fsp3) is 0.500. The van der Waals surface area contributed by atoms with Crippen molar-refractivity contribution in [3.05, 3.63) is 33.9 Å². The van der Waals surface area contributed by atoms with Gasteiger partial charge in [0.05, 0.1) is 4.92 Å². The van der Waals surface area contributed by atoms with E-state index in [4.69, 9.17) is 0 Å². The molecule has 1 heterocycles. The van der Waals surface area contributed by atoms with Crippen molar-refractivity contribution in [1.29, 1.82) is 0 Å². The van der Waals surface area contributed by atoms with Gasteiger partial charge >= 0.3 is 0 Å². The molecule has 1 aliphatic rings. The fourth-order valence-electron chi connectivity index (χ4n) is 2.20. The number of nitro benzene ring substituents is 1. The highest BCUT2D eigenvalue weighted by atomic mass is 16.6. The summed E-state index contributed by atoms with van der Waals surface area (Å²) < 4.78 is 0. The zero-order valence-corrected chi connectivity index (χ0v) is 10.1. The maximum atomic E-state index is 10.8. The molecule has 1 aromatic carbocycles. The third-order valence-electron chi connectivity index (χ3n) is 2.99. The Bertz CT molecular complexity index is 434. The van der Waals surface area contributed by atoms with Gasteiger partial charge in [0, 0.05) is 43.5 Å². The Labute approximate surface area is 101 Å². The van der Waals surface area contributed by atoms with Crippen LogP contribution in [0.15, 0.2) is 18.2 Å². The second kappa shape index (κ2) is 4.71. The van der Waals surface area contributed by atoms with Crippen molar-refractivity contribution in [2.45, 2.75) is 19.9 Å². The molecule has 0 aromatic heterocycles. The minimum Gasteiger partial charge on any atom is -0.368 e. The first kappa shape index (κ1) is 11.9. The Morgan fingerprint density at radius 1 is 1.47 bits per heavy atom. The number of anilines is 1. The second-order valence-corrected chi connectivity index (χ2v) is 4.59. The normalized spacial score (nSPS) is 20.4. The van der Waals surface area contributed by atoms with Crippen LogP contribution in [0.5, 0.6) is 0 Å². The summed E-state index contributed by atoms with van der Waals surface area (Å²) in [5.41, 5.74) is 2.05. The van der Waals surface area contributed by atoms with Crippen LogP contribution in [0.4, 0.5) is 11.4 Å². The SMILES string of the molecule is Cc1cc(N2CCNC(C)C2)cc([N+](=O)[O-])c1. The monoisotopic (exact) mass is 235 g/mol. The predicted octanol–water partition coefficient (Wildman–Crippen LogP) is 1.70. The number of aryl methyl sites for hydroxylation is 1. The molecule has 0 radical (unpaired) electrons. The van der Waals surface area contributed by atoms with E-state index in [1.165, 1.54) is 0 Å². The molecule has 1 unspecified atom stereocenters. The summed E-state index contributed by atoms with van der Waals surface area (Å²) in [5.74, 6) is 0. The molecular formula is C12H17N3O2. The van der Waals surface area contributed by atoms with Gasteiger partial charge in [0.1, 0.15) is 0 Å². The van der Waals surface area contributed by atoms with Gasteiger partial charge in [0.25, 0.3) is 5.69 Å². The van der Waals surface area contributed by atoms with E-state index in [1.807, 2.05) is 13.0 Å². The number of piperazine rings is 1. The van der Waals surface area contributed by atoms with Gasteiger partial charge in [-0.1, -0.05) is 0 Å². The van der Waals surface area contributed by atoms with Gasteiger partial charge in [-0.3, -0.25) is 10.1 Å². The highest BCUT2D eigenvalue weighted by Gasteiger charge is 2.18. The van der Waals surface area contributed by atoms with E-state index >= 15 is 0 Å². The first-order valence-electron chi connectivity index (χ1n) is 5.80. The van der Waals surface area contributed by atoms with Crippen LogP contribution < -0.4 is 10.2 Å². The summed E-state index contributed by atoms with van der Waals surface area (Å²) >= 11 is 0. The Morgan fingerprint density at radius 2 is 2.24 bits per heavy atom. The fourth-order valence-corrected chi connectivity index (χ4v) is 2.20. The van der Waals surface area contributed by atoms with Gasteiger partial charge in [-0.05, 0) is 25.5 Å². The van der Waals surface area contributed by atoms with Crippen molar-refractivity contribution in [1.82, 2.24) is 5.32 Å². The lowest BCUT2D eigenvalue weighted by Gasteiger charge is -2.33. The van der Waals surface area contributed by atoms with Crippen molar-refractivity contribution in [3.63, 3.8) is 0 Å². The molecule has 1 aromatic rings. The Kier molecular flexibility index (Phi) is 3.28. The van der Waals surface area contributed by atoms with Gasteiger partial charge in [-0.2, -0.15) is 0 Å². The average Bonchev–Trinajstić information content (AvgIpc) is 2.28. The molecule has 0 amide bonds. The topological polar surface area (TPSA) is 58.4 Å². The molecule has 5 nitrogen and oxygen atoms in total. The molecule has 2 rings (SSSR count). The molecule has 92 valence electrons. The second-order valence-electron chi connectivity index (χ2n) is 4.59. The molecule has 1 saturated heterocycles. The molecule has 17 heavy (non-hydrogen) atoms. The van der Waals surface area contributed by atoms with E-state index < -0.39 is 0 Å². The van der Waals surface area contributed by atoms with Crippen molar-refractivity contribution in [2.75, 3.05) is 24.5 Å². The van der Waals surface area contributed by atoms with E-state index in [1.54, 1.807) is 12.1 Å². The minimum atomic E-state index is -0.331. The Balaban J connectivity index is 2.28. The number of nitro groups is 1. The van der Waals surface area contributed by atoms with Crippen LogP contribution in [0.25, 0.3) is 0 Å². The molecule has 1 atom stereocenters. The summed E-state index contributed by atoms with van der Waals surface area (Å²) in [7, 11) is 0. The summed E-state index contributed by atoms with van der Waals surface area (Å²) in [4.78, 5) is 12.7. The van der Waals surface area contributed by atoms with Crippen molar-refractivity contribution < 1.29 is 4.92 Å². The third-order valence-corrected chi connectivity index (χ3v) is 2.99. The lowest BCUT2D eigenvalue weighted by atomic mass is 10.1. The molecule has 5 heteroatoms. The van der Waals surface area contributed by atoms with E-state index in [2.05, 4.69) is 17.1 Å². The number of nitrogens with one attached hydrogen (secondary N) is 1. The Morgan fingerprint density at radius 3 is 2.88 bits per heavy atom. The molecule has 1 N–H and O–H groups in total. The van der Waals surface area contributed by atoms with E-state index in [0.717, 1.165) is 30.9 Å². The lowest BCUT2D eigenvalue weighted by Crippen LogP contribution is -2.49. The first-order valence-corrected chi connectivity index (χ1v) is 5.80. The van der Waals surface area contributed by atoms with Crippen LogP contribution in [0.3, 0.4) is 0 Å². The predicted molar refractivity (Wildman–Crippen MR) is 67.5 cm³/mol. The zero-order chi connectivity index (χ0) is 12.4. The van der Waals surface area contributed by atoms with Crippen molar-refractivity contribution in [3.8, 4) is 0 Å². The molecular weight excluding hydrogens is 218 g/mol. The minimum absolute atomic E-state index is 0.172. The summed E-state index contributed by atoms with van der Waals surface area (Å²) in [6.07, 6.45) is 0. The van der Waals surface area contributed by atoms with Crippen LogP contribution in [0.2, 0.25) is 0 Å². The molecule has 1 aliphatic heterocycles. The molecule has 0 saturated carbocycles. The van der Waals surface area contributed by atoms with Gasteiger partial charge in [-0.25, -0.2) is 0 Å². The summed E-state index contributed by atoms with van der Waals surface area (Å²) in [6.45, 7) is 6.72. The third kappa shape index (κ3) is 2.74. The largest absolute Gasteiger partial charge is 0.368 e. The van der Waals surface area contributed by atoms with Gasteiger partial charge in [0.2, 0.25) is 0 Å². The maximum absolute atomic E-state index is 10.8. The van der Waals surface area contributed by atoms with Crippen LogP contribution in [0.1, 0.15) is 12.5 Å². The highest BCUT2D eigenvalue weighted by molar-refractivity contribution is 5.56. The number of nitrogens with zero attached hydrogens (tertiary/aromatic N) is 2. The van der Waals surface area contributed by atoms with Crippen LogP contribution in [-0.4, -0.2) is 30.6 Å². The van der Waals surface area contributed by atoms with Gasteiger partial charge < -0.3 is 10.2 Å². The van der Waals surface area contributed by atoms with Crippen LogP contribution >= 0.6 is 0 Å². The lowest BCUT2D eigenvalue weighted by molar-refractivity contribution is -0.384. The number of hydrogen-bond donors (Lipinski definition) is 1. The number of rotatable bonds is 2. The van der Waals surface area contributed by atoms with E-state index in [0.29, 0.717) is 6.04 Å². The molecule has 0 aliphatic carbocycles. The van der Waals surface area contributed by atoms with E-state index in [-0.39, 0.29) is 10.6 Å². The van der Waals surface area contributed by atoms with E-state index in [9.17, 15) is 10.1 Å². The van der Waals surface area contributed by atoms with Gasteiger partial charge in [-0.15, -0.1) is 0 Å². The van der Waals surface area contributed by atoms with Crippen molar-refractivity contribution in [2.24, 2.45) is 0 Å². The standard InChI is InChI=1S/C12H17N3O2/c1-9-5-11(7-12(6-9)15(16)17)14-4-3-13-10(2)8-14/h5-7,10,13H,3-4,8H2,1-2H3. The quantitative estimate of drug-likeness (QED) is 0.626. The zero-order valence-electron chi connectivity index (χ0n) is 10.1. The maximum Gasteiger partial charge on any atom is 0.271 e. The average molecular weight is 235 g/mol. The van der Waals surface area contributed by atoms with Gasteiger partial charge in [0.15, 0.2) is 0 Å².